The fraction of sp³-hybridized carbons (Fsp3) is 0.609. The van der Waals surface area contributed by atoms with E-state index in [0.29, 0.717) is 43.2 Å². The predicted molar refractivity (Wildman–Crippen MR) is 114 cm³/mol. The van der Waals surface area contributed by atoms with E-state index in [4.69, 9.17) is 4.52 Å². The summed E-state index contributed by atoms with van der Waals surface area (Å²) in [5, 5.41) is 7.20. The summed E-state index contributed by atoms with van der Waals surface area (Å²) < 4.78 is 5.56. The lowest BCUT2D eigenvalue weighted by atomic mass is 9.99. The third-order valence-corrected chi connectivity index (χ3v) is 6.40. The van der Waals surface area contributed by atoms with Crippen LogP contribution in [0.5, 0.6) is 0 Å². The number of rotatable bonds is 3. The Hall–Kier alpha value is -2.77. The minimum Gasteiger partial charge on any atom is -0.356 e. The Labute approximate surface area is 182 Å². The van der Waals surface area contributed by atoms with Crippen molar-refractivity contribution in [1.82, 2.24) is 25.3 Å². The molecule has 4 rings (SSSR count). The van der Waals surface area contributed by atoms with Gasteiger partial charge in [-0.15, -0.1) is 0 Å². The molecule has 1 saturated heterocycles. The van der Waals surface area contributed by atoms with Gasteiger partial charge in [0.25, 0.3) is 5.91 Å². The first-order valence-corrected chi connectivity index (χ1v) is 11.4. The molecule has 2 aliphatic rings. The highest BCUT2D eigenvalue weighted by molar-refractivity contribution is 5.95. The van der Waals surface area contributed by atoms with Crippen molar-refractivity contribution < 1.29 is 14.1 Å². The molecule has 1 N–H and O–H groups in total. The van der Waals surface area contributed by atoms with Crippen LogP contribution >= 0.6 is 0 Å². The number of carbonyl (C=O) groups is 2. The molecule has 0 radical (unpaired) electrons. The minimum atomic E-state index is -0.289. The van der Waals surface area contributed by atoms with E-state index in [1.807, 2.05) is 18.7 Å². The summed E-state index contributed by atoms with van der Waals surface area (Å²) in [6.07, 6.45) is 8.50. The van der Waals surface area contributed by atoms with Crippen LogP contribution in [-0.2, 0) is 4.79 Å². The Morgan fingerprint density at radius 3 is 2.68 bits per heavy atom. The lowest BCUT2D eigenvalue weighted by molar-refractivity contribution is -0.126. The molecule has 1 aliphatic heterocycles. The topological polar surface area (TPSA) is 101 Å². The highest BCUT2D eigenvalue weighted by Crippen LogP contribution is 2.41. The maximum Gasteiger partial charge on any atom is 0.254 e. The van der Waals surface area contributed by atoms with Crippen molar-refractivity contribution in [1.29, 1.82) is 0 Å². The molecule has 3 atom stereocenters. The van der Waals surface area contributed by atoms with Crippen LogP contribution in [0.3, 0.4) is 0 Å². The Morgan fingerprint density at radius 1 is 1.16 bits per heavy atom. The third kappa shape index (κ3) is 4.78. The first-order chi connectivity index (χ1) is 15.0. The summed E-state index contributed by atoms with van der Waals surface area (Å²) in [5.41, 5.74) is 0.604. The fourth-order valence-corrected chi connectivity index (χ4v) is 4.67. The Morgan fingerprint density at radius 2 is 1.94 bits per heavy atom. The molecule has 0 bridgehead atoms. The number of carbonyl (C=O) groups excluding carboxylic acids is 2. The Bertz CT molecular complexity index is 898. The van der Waals surface area contributed by atoms with E-state index in [1.54, 1.807) is 24.5 Å². The van der Waals surface area contributed by atoms with Crippen LogP contribution in [0.25, 0.3) is 0 Å². The van der Waals surface area contributed by atoms with Crippen molar-refractivity contribution in [2.45, 2.75) is 70.3 Å². The maximum absolute atomic E-state index is 13.4. The second kappa shape index (κ2) is 9.58. The Kier molecular flexibility index (Phi) is 6.63. The van der Waals surface area contributed by atoms with Gasteiger partial charge in [0.1, 0.15) is 0 Å². The van der Waals surface area contributed by atoms with Gasteiger partial charge in [-0.1, -0.05) is 31.8 Å². The first kappa shape index (κ1) is 21.5. The van der Waals surface area contributed by atoms with Crippen LogP contribution in [0.2, 0.25) is 0 Å². The molecule has 8 nitrogen and oxygen atoms in total. The lowest BCUT2D eigenvalue weighted by Gasteiger charge is -2.32. The van der Waals surface area contributed by atoms with E-state index in [9.17, 15) is 9.59 Å². The molecular weight excluding hydrogens is 394 g/mol. The van der Waals surface area contributed by atoms with Crippen molar-refractivity contribution >= 4 is 11.8 Å². The highest BCUT2D eigenvalue weighted by Gasteiger charge is 2.45. The number of hydrogen-bond donors (Lipinski definition) is 1. The van der Waals surface area contributed by atoms with Gasteiger partial charge in [0, 0.05) is 48.9 Å². The molecule has 0 spiro atoms. The average molecular weight is 426 g/mol. The van der Waals surface area contributed by atoms with Gasteiger partial charge in [-0.05, 0) is 37.8 Å². The average Bonchev–Trinajstić information content (AvgIpc) is 3.43. The molecule has 2 aromatic heterocycles. The van der Waals surface area contributed by atoms with Gasteiger partial charge >= 0.3 is 0 Å². The van der Waals surface area contributed by atoms with E-state index in [0.717, 1.165) is 25.7 Å². The summed E-state index contributed by atoms with van der Waals surface area (Å²) in [5.74, 6) is 1.09. The zero-order chi connectivity index (χ0) is 21.8. The molecular formula is C23H31N5O3. The number of fused-ring (bicyclic) bond motifs is 1. The van der Waals surface area contributed by atoms with Gasteiger partial charge in [0.15, 0.2) is 5.82 Å². The number of aromatic nitrogens is 3. The number of amides is 2. The van der Waals surface area contributed by atoms with E-state index < -0.39 is 0 Å². The number of nitrogens with zero attached hydrogens (tertiary/aromatic N) is 4. The fourth-order valence-electron chi connectivity index (χ4n) is 4.67. The number of hydrogen-bond acceptors (Lipinski definition) is 6. The standard InChI is InChI=1S/C23H31N5O3/c1-15(2)20-26-22(31-27-20)17-13-18-19(14-17)28(23(30)16-7-10-24-11-8-16)12-6-4-3-5-9-25-21(18)29/h7-8,10-11,15,17-19H,3-6,9,12-14H2,1-2H3,(H,25,29). The van der Waals surface area contributed by atoms with Crippen molar-refractivity contribution in [3.05, 3.63) is 41.8 Å². The van der Waals surface area contributed by atoms with Crippen molar-refractivity contribution in [3.8, 4) is 0 Å². The normalized spacial score (nSPS) is 25.1. The summed E-state index contributed by atoms with van der Waals surface area (Å²) in [6, 6.07) is 3.28. The summed E-state index contributed by atoms with van der Waals surface area (Å²) >= 11 is 0. The molecule has 2 aromatic rings. The van der Waals surface area contributed by atoms with Gasteiger partial charge in [0.05, 0.1) is 5.92 Å². The largest absolute Gasteiger partial charge is 0.356 e. The molecule has 31 heavy (non-hydrogen) atoms. The van der Waals surface area contributed by atoms with Crippen molar-refractivity contribution in [2.75, 3.05) is 13.1 Å². The van der Waals surface area contributed by atoms with Crippen molar-refractivity contribution in [3.63, 3.8) is 0 Å². The van der Waals surface area contributed by atoms with E-state index in [2.05, 4.69) is 20.4 Å². The van der Waals surface area contributed by atoms with Crippen LogP contribution in [0, 0.1) is 5.92 Å². The summed E-state index contributed by atoms with van der Waals surface area (Å²) in [7, 11) is 0. The van der Waals surface area contributed by atoms with E-state index in [1.165, 1.54) is 0 Å². The highest BCUT2D eigenvalue weighted by atomic mass is 16.5. The van der Waals surface area contributed by atoms with Crippen LogP contribution in [-0.4, -0.2) is 51.0 Å². The predicted octanol–water partition coefficient (Wildman–Crippen LogP) is 3.28. The molecule has 3 heterocycles. The molecule has 8 heteroatoms. The second-order valence-electron chi connectivity index (χ2n) is 8.93. The maximum atomic E-state index is 13.4. The quantitative estimate of drug-likeness (QED) is 0.810. The second-order valence-corrected chi connectivity index (χ2v) is 8.93. The monoisotopic (exact) mass is 425 g/mol. The Balaban J connectivity index is 1.64. The van der Waals surface area contributed by atoms with Gasteiger partial charge in [-0.25, -0.2) is 0 Å². The smallest absolute Gasteiger partial charge is 0.254 e. The molecule has 2 fully saturated rings. The molecule has 1 aliphatic carbocycles. The van der Waals surface area contributed by atoms with Gasteiger partial charge < -0.3 is 14.7 Å². The van der Waals surface area contributed by atoms with Crippen LogP contribution in [0.4, 0.5) is 0 Å². The SMILES string of the molecule is CC(C)c1noc(C2CC3C(=O)NCCCCCCN(C(=O)c4ccncc4)C3C2)n1. The van der Waals surface area contributed by atoms with Gasteiger partial charge in [-0.3, -0.25) is 14.6 Å². The van der Waals surface area contributed by atoms with Crippen LogP contribution in [0.15, 0.2) is 29.0 Å². The molecule has 166 valence electrons. The van der Waals surface area contributed by atoms with Crippen molar-refractivity contribution in [2.24, 2.45) is 5.92 Å². The van der Waals surface area contributed by atoms with Gasteiger partial charge in [0.2, 0.25) is 11.8 Å². The first-order valence-electron chi connectivity index (χ1n) is 11.4. The molecule has 1 saturated carbocycles. The van der Waals surface area contributed by atoms with E-state index in [-0.39, 0.29) is 35.6 Å². The third-order valence-electron chi connectivity index (χ3n) is 6.40. The molecule has 0 aromatic carbocycles. The summed E-state index contributed by atoms with van der Waals surface area (Å²) in [6.45, 7) is 5.37. The molecule has 3 unspecified atom stereocenters. The minimum absolute atomic E-state index is 0.0190. The van der Waals surface area contributed by atoms with Gasteiger partial charge in [-0.2, -0.15) is 4.98 Å². The molecule has 2 amide bonds. The zero-order valence-electron chi connectivity index (χ0n) is 18.3. The van der Waals surface area contributed by atoms with E-state index >= 15 is 0 Å². The van der Waals surface area contributed by atoms with Crippen LogP contribution < -0.4 is 5.32 Å². The lowest BCUT2D eigenvalue weighted by Crippen LogP contribution is -2.47. The number of nitrogens with one attached hydrogen (secondary N) is 1. The van der Waals surface area contributed by atoms with Crippen LogP contribution in [0.1, 0.15) is 86.3 Å². The zero-order valence-corrected chi connectivity index (χ0v) is 18.3. The number of pyridine rings is 1. The summed E-state index contributed by atoms with van der Waals surface area (Å²) in [4.78, 5) is 37.1.